The minimum atomic E-state index is 0.365. The second-order valence-electron chi connectivity index (χ2n) is 4.37. The highest BCUT2D eigenvalue weighted by atomic mass is 16.3. The van der Waals surface area contributed by atoms with E-state index in [4.69, 9.17) is 5.11 Å². The van der Waals surface area contributed by atoms with Crippen molar-refractivity contribution in [3.63, 3.8) is 0 Å². The molecule has 0 aromatic carbocycles. The van der Waals surface area contributed by atoms with Crippen LogP contribution in [0.25, 0.3) is 0 Å². The molecular weight excluding hydrogens is 162 g/mol. The Hall–Kier alpha value is -0.0800. The Morgan fingerprint density at radius 2 is 1.77 bits per heavy atom. The SMILES string of the molecule is CCC[N+]1(CCCO)CCCCC1. The van der Waals surface area contributed by atoms with Crippen LogP contribution < -0.4 is 0 Å². The van der Waals surface area contributed by atoms with Crippen molar-refractivity contribution in [3.05, 3.63) is 0 Å². The van der Waals surface area contributed by atoms with Gasteiger partial charge in [-0.1, -0.05) is 6.92 Å². The molecule has 0 radical (unpaired) electrons. The van der Waals surface area contributed by atoms with Gasteiger partial charge in [0.1, 0.15) is 0 Å². The molecule has 13 heavy (non-hydrogen) atoms. The zero-order valence-electron chi connectivity index (χ0n) is 8.97. The molecule has 0 aromatic rings. The van der Waals surface area contributed by atoms with Crippen LogP contribution in [0, 0.1) is 0 Å². The lowest BCUT2D eigenvalue weighted by molar-refractivity contribution is -0.932. The molecule has 0 unspecified atom stereocenters. The molecule has 78 valence electrons. The number of likely N-dealkylation sites (tertiary alicyclic amines) is 1. The fourth-order valence-corrected chi connectivity index (χ4v) is 2.62. The average Bonchev–Trinajstić information content (AvgIpc) is 2.17. The van der Waals surface area contributed by atoms with Gasteiger partial charge in [0.15, 0.2) is 0 Å². The Kier molecular flexibility index (Phi) is 4.74. The normalized spacial score (nSPS) is 21.7. The molecule has 1 saturated heterocycles. The van der Waals surface area contributed by atoms with E-state index in [0.29, 0.717) is 6.61 Å². The van der Waals surface area contributed by atoms with Gasteiger partial charge < -0.3 is 9.59 Å². The first kappa shape index (κ1) is 11.0. The van der Waals surface area contributed by atoms with Crippen LogP contribution in [0.1, 0.15) is 39.0 Å². The van der Waals surface area contributed by atoms with Crippen LogP contribution >= 0.6 is 0 Å². The van der Waals surface area contributed by atoms with E-state index < -0.39 is 0 Å². The molecule has 0 spiro atoms. The van der Waals surface area contributed by atoms with E-state index in [0.717, 1.165) is 6.42 Å². The molecule has 1 aliphatic rings. The quantitative estimate of drug-likeness (QED) is 0.649. The third-order valence-corrected chi connectivity index (χ3v) is 3.25. The predicted molar refractivity (Wildman–Crippen MR) is 55.6 cm³/mol. The second kappa shape index (κ2) is 5.61. The lowest BCUT2D eigenvalue weighted by atomic mass is 10.1. The van der Waals surface area contributed by atoms with Crippen LogP contribution in [0.3, 0.4) is 0 Å². The van der Waals surface area contributed by atoms with Crippen molar-refractivity contribution in [2.75, 3.05) is 32.8 Å². The van der Waals surface area contributed by atoms with E-state index >= 15 is 0 Å². The predicted octanol–water partition coefficient (Wildman–Crippen LogP) is 1.78. The third kappa shape index (κ3) is 3.28. The molecule has 2 nitrogen and oxygen atoms in total. The lowest BCUT2D eigenvalue weighted by Gasteiger charge is -2.41. The third-order valence-electron chi connectivity index (χ3n) is 3.25. The Morgan fingerprint density at radius 1 is 1.08 bits per heavy atom. The Balaban J connectivity index is 2.40. The van der Waals surface area contributed by atoms with Crippen LogP contribution in [-0.2, 0) is 0 Å². The molecule has 1 N–H and O–H groups in total. The van der Waals surface area contributed by atoms with Gasteiger partial charge in [-0.2, -0.15) is 0 Å². The number of nitrogens with zero attached hydrogens (tertiary/aromatic N) is 1. The molecule has 2 heteroatoms. The summed E-state index contributed by atoms with van der Waals surface area (Å²) in [5.74, 6) is 0. The van der Waals surface area contributed by atoms with Crippen molar-refractivity contribution in [2.45, 2.75) is 39.0 Å². The van der Waals surface area contributed by atoms with E-state index in [1.807, 2.05) is 0 Å². The van der Waals surface area contributed by atoms with Gasteiger partial charge in [0.2, 0.25) is 0 Å². The molecule has 1 aliphatic heterocycles. The molecule has 1 rings (SSSR count). The summed E-state index contributed by atoms with van der Waals surface area (Å²) in [6.07, 6.45) is 6.48. The number of piperidine rings is 1. The Morgan fingerprint density at radius 3 is 2.31 bits per heavy atom. The topological polar surface area (TPSA) is 20.2 Å². The summed E-state index contributed by atoms with van der Waals surface area (Å²) in [6, 6.07) is 0. The van der Waals surface area contributed by atoms with E-state index in [-0.39, 0.29) is 0 Å². The molecule has 1 fully saturated rings. The Bertz CT molecular complexity index is 125. The molecule has 1 heterocycles. The summed E-state index contributed by atoms with van der Waals surface area (Å²) in [7, 11) is 0. The van der Waals surface area contributed by atoms with E-state index in [9.17, 15) is 0 Å². The van der Waals surface area contributed by atoms with Crippen LogP contribution in [0.4, 0.5) is 0 Å². The first-order valence-electron chi connectivity index (χ1n) is 5.79. The van der Waals surface area contributed by atoms with Crippen molar-refractivity contribution in [2.24, 2.45) is 0 Å². The summed E-state index contributed by atoms with van der Waals surface area (Å²) in [5.41, 5.74) is 0. The van der Waals surface area contributed by atoms with Crippen LogP contribution in [-0.4, -0.2) is 42.4 Å². The van der Waals surface area contributed by atoms with Crippen LogP contribution in [0.2, 0.25) is 0 Å². The highest BCUT2D eigenvalue weighted by Crippen LogP contribution is 2.19. The van der Waals surface area contributed by atoms with Crippen molar-refractivity contribution in [3.8, 4) is 0 Å². The van der Waals surface area contributed by atoms with Gasteiger partial charge in [-0.15, -0.1) is 0 Å². The van der Waals surface area contributed by atoms with E-state index in [1.165, 1.54) is 56.3 Å². The second-order valence-corrected chi connectivity index (χ2v) is 4.37. The zero-order valence-corrected chi connectivity index (χ0v) is 8.97. The summed E-state index contributed by atoms with van der Waals surface area (Å²) < 4.78 is 1.29. The standard InChI is InChI=1S/C11H24NO/c1-2-7-12(10-6-11-13)8-4-3-5-9-12/h13H,2-11H2,1H3/q+1. The van der Waals surface area contributed by atoms with Gasteiger partial charge >= 0.3 is 0 Å². The number of aliphatic hydroxyl groups is 1. The maximum atomic E-state index is 8.87. The Labute approximate surface area is 82.1 Å². The van der Waals surface area contributed by atoms with Crippen molar-refractivity contribution in [1.82, 2.24) is 0 Å². The molecule has 0 aliphatic carbocycles. The highest BCUT2D eigenvalue weighted by Gasteiger charge is 2.27. The molecular formula is C11H24NO+. The van der Waals surface area contributed by atoms with E-state index in [1.54, 1.807) is 0 Å². The fraction of sp³-hybridized carbons (Fsp3) is 1.00. The van der Waals surface area contributed by atoms with Gasteiger partial charge in [-0.25, -0.2) is 0 Å². The van der Waals surface area contributed by atoms with Gasteiger partial charge in [0.25, 0.3) is 0 Å². The fourth-order valence-electron chi connectivity index (χ4n) is 2.62. The van der Waals surface area contributed by atoms with Gasteiger partial charge in [-0.3, -0.25) is 0 Å². The lowest BCUT2D eigenvalue weighted by Crippen LogP contribution is -2.52. The number of hydrogen-bond acceptors (Lipinski definition) is 1. The zero-order chi connectivity index (χ0) is 9.57. The summed E-state index contributed by atoms with van der Waals surface area (Å²) in [4.78, 5) is 0. The van der Waals surface area contributed by atoms with Gasteiger partial charge in [0, 0.05) is 13.0 Å². The molecule has 0 aromatic heterocycles. The highest BCUT2D eigenvalue weighted by molar-refractivity contribution is 4.54. The smallest absolute Gasteiger partial charge is 0.0808 e. The monoisotopic (exact) mass is 186 g/mol. The first-order chi connectivity index (χ1) is 6.33. The number of quaternary nitrogens is 1. The molecule has 0 saturated carbocycles. The van der Waals surface area contributed by atoms with Crippen molar-refractivity contribution < 1.29 is 9.59 Å². The molecule has 0 bridgehead atoms. The number of rotatable bonds is 5. The first-order valence-corrected chi connectivity index (χ1v) is 5.79. The van der Waals surface area contributed by atoms with Gasteiger partial charge in [-0.05, 0) is 25.7 Å². The van der Waals surface area contributed by atoms with Crippen LogP contribution in [0.5, 0.6) is 0 Å². The maximum Gasteiger partial charge on any atom is 0.0808 e. The van der Waals surface area contributed by atoms with E-state index in [2.05, 4.69) is 6.92 Å². The number of hydrogen-bond donors (Lipinski definition) is 1. The van der Waals surface area contributed by atoms with Crippen molar-refractivity contribution in [1.29, 1.82) is 0 Å². The average molecular weight is 186 g/mol. The molecule has 0 atom stereocenters. The minimum absolute atomic E-state index is 0.365. The van der Waals surface area contributed by atoms with Gasteiger partial charge in [0.05, 0.1) is 26.2 Å². The summed E-state index contributed by atoms with van der Waals surface area (Å²) in [5, 5.41) is 8.87. The van der Waals surface area contributed by atoms with Crippen LogP contribution in [0.15, 0.2) is 0 Å². The minimum Gasteiger partial charge on any atom is -0.396 e. The maximum absolute atomic E-state index is 8.87. The van der Waals surface area contributed by atoms with Crippen molar-refractivity contribution >= 4 is 0 Å². The molecule has 0 amide bonds. The largest absolute Gasteiger partial charge is 0.396 e. The summed E-state index contributed by atoms with van der Waals surface area (Å²) >= 11 is 0. The number of aliphatic hydroxyl groups excluding tert-OH is 1. The summed E-state index contributed by atoms with van der Waals surface area (Å²) in [6.45, 7) is 7.86.